The number of hydrogen-bond acceptors (Lipinski definition) is 3. The highest BCUT2D eigenvalue weighted by atomic mass is 19.1. The van der Waals surface area contributed by atoms with Gasteiger partial charge in [0.2, 0.25) is 11.8 Å². The van der Waals surface area contributed by atoms with E-state index in [1.807, 2.05) is 0 Å². The SMILES string of the molecule is CC(C)CN1C[C@H](OCc2ccccc2F)CN(C(=O)C2CC2)CC1=O. The van der Waals surface area contributed by atoms with Crippen LogP contribution in [0.3, 0.4) is 0 Å². The molecule has 0 bridgehead atoms. The Morgan fingerprint density at radius 3 is 2.65 bits per heavy atom. The van der Waals surface area contributed by atoms with Crippen LogP contribution in [-0.2, 0) is 20.9 Å². The van der Waals surface area contributed by atoms with E-state index in [4.69, 9.17) is 4.74 Å². The summed E-state index contributed by atoms with van der Waals surface area (Å²) in [6.45, 7) is 5.79. The van der Waals surface area contributed by atoms with E-state index < -0.39 is 0 Å². The molecule has 0 aromatic heterocycles. The van der Waals surface area contributed by atoms with Gasteiger partial charge in [0.1, 0.15) is 5.82 Å². The van der Waals surface area contributed by atoms with Gasteiger partial charge in [0.25, 0.3) is 0 Å². The molecule has 0 spiro atoms. The summed E-state index contributed by atoms with van der Waals surface area (Å²) in [5, 5.41) is 0. The van der Waals surface area contributed by atoms with Crippen molar-refractivity contribution in [3.05, 3.63) is 35.6 Å². The molecular weight excluding hydrogens is 335 g/mol. The first-order valence-electron chi connectivity index (χ1n) is 9.35. The number of benzene rings is 1. The number of carbonyl (C=O) groups excluding carboxylic acids is 2. The Balaban J connectivity index is 1.70. The van der Waals surface area contributed by atoms with E-state index in [1.54, 1.807) is 28.0 Å². The maximum Gasteiger partial charge on any atom is 0.242 e. The minimum atomic E-state index is -0.317. The molecule has 142 valence electrons. The number of ether oxygens (including phenoxy) is 1. The molecule has 2 fully saturated rings. The molecule has 1 saturated carbocycles. The third-order valence-electron chi connectivity index (χ3n) is 4.78. The Morgan fingerprint density at radius 2 is 2.00 bits per heavy atom. The Morgan fingerprint density at radius 1 is 1.27 bits per heavy atom. The third kappa shape index (κ3) is 4.81. The number of carbonyl (C=O) groups is 2. The van der Waals surface area contributed by atoms with Crippen molar-refractivity contribution in [3.63, 3.8) is 0 Å². The molecule has 2 aliphatic rings. The fourth-order valence-electron chi connectivity index (χ4n) is 3.28. The van der Waals surface area contributed by atoms with Gasteiger partial charge in [-0.15, -0.1) is 0 Å². The first kappa shape index (κ1) is 18.8. The Kier molecular flexibility index (Phi) is 5.91. The molecule has 1 saturated heterocycles. The summed E-state index contributed by atoms with van der Waals surface area (Å²) in [6, 6.07) is 6.51. The summed E-state index contributed by atoms with van der Waals surface area (Å²) < 4.78 is 19.8. The van der Waals surface area contributed by atoms with Crippen molar-refractivity contribution in [1.29, 1.82) is 0 Å². The molecule has 5 nitrogen and oxygen atoms in total. The zero-order valence-electron chi connectivity index (χ0n) is 15.5. The second-order valence-corrected chi connectivity index (χ2v) is 7.71. The molecule has 1 aliphatic heterocycles. The summed E-state index contributed by atoms with van der Waals surface area (Å²) in [7, 11) is 0. The van der Waals surface area contributed by atoms with E-state index in [0.29, 0.717) is 31.1 Å². The van der Waals surface area contributed by atoms with Crippen LogP contribution in [0, 0.1) is 17.7 Å². The van der Waals surface area contributed by atoms with E-state index in [9.17, 15) is 14.0 Å². The Labute approximate surface area is 154 Å². The van der Waals surface area contributed by atoms with Crippen LogP contribution in [0.4, 0.5) is 4.39 Å². The minimum Gasteiger partial charge on any atom is -0.370 e. The smallest absolute Gasteiger partial charge is 0.242 e. The number of nitrogens with zero attached hydrogens (tertiary/aromatic N) is 2. The number of rotatable bonds is 6. The van der Waals surface area contributed by atoms with Crippen LogP contribution < -0.4 is 0 Å². The van der Waals surface area contributed by atoms with Crippen molar-refractivity contribution in [1.82, 2.24) is 9.80 Å². The number of hydrogen-bond donors (Lipinski definition) is 0. The monoisotopic (exact) mass is 362 g/mol. The van der Waals surface area contributed by atoms with Gasteiger partial charge in [0.05, 0.1) is 19.3 Å². The van der Waals surface area contributed by atoms with Gasteiger partial charge >= 0.3 is 0 Å². The van der Waals surface area contributed by atoms with Crippen LogP contribution >= 0.6 is 0 Å². The van der Waals surface area contributed by atoms with E-state index in [0.717, 1.165) is 12.8 Å². The molecule has 1 heterocycles. The minimum absolute atomic E-state index is 0.0373. The normalized spacial score (nSPS) is 21.2. The second-order valence-electron chi connectivity index (χ2n) is 7.71. The first-order valence-corrected chi connectivity index (χ1v) is 9.35. The highest BCUT2D eigenvalue weighted by molar-refractivity contribution is 5.87. The zero-order valence-corrected chi connectivity index (χ0v) is 15.5. The average Bonchev–Trinajstić information content (AvgIpc) is 3.43. The van der Waals surface area contributed by atoms with Crippen molar-refractivity contribution >= 4 is 11.8 Å². The van der Waals surface area contributed by atoms with Crippen LogP contribution in [0.25, 0.3) is 0 Å². The van der Waals surface area contributed by atoms with Crippen molar-refractivity contribution < 1.29 is 18.7 Å². The van der Waals surface area contributed by atoms with Crippen molar-refractivity contribution in [3.8, 4) is 0 Å². The van der Waals surface area contributed by atoms with Crippen LogP contribution in [0.15, 0.2) is 24.3 Å². The van der Waals surface area contributed by atoms with Crippen molar-refractivity contribution in [2.45, 2.75) is 39.4 Å². The molecule has 1 aromatic carbocycles. The zero-order chi connectivity index (χ0) is 18.7. The number of halogens is 1. The predicted octanol–water partition coefficient (Wildman–Crippen LogP) is 2.45. The van der Waals surface area contributed by atoms with Gasteiger partial charge in [-0.2, -0.15) is 0 Å². The van der Waals surface area contributed by atoms with E-state index in [1.165, 1.54) is 6.07 Å². The van der Waals surface area contributed by atoms with Gasteiger partial charge in [-0.3, -0.25) is 9.59 Å². The van der Waals surface area contributed by atoms with Gasteiger partial charge in [-0.25, -0.2) is 4.39 Å². The van der Waals surface area contributed by atoms with E-state index in [2.05, 4.69) is 13.8 Å². The molecule has 0 radical (unpaired) electrons. The Hall–Kier alpha value is -1.95. The van der Waals surface area contributed by atoms with Gasteiger partial charge in [0, 0.05) is 31.1 Å². The topological polar surface area (TPSA) is 49.9 Å². The molecule has 0 unspecified atom stereocenters. The fourth-order valence-corrected chi connectivity index (χ4v) is 3.28. The van der Waals surface area contributed by atoms with Crippen LogP contribution in [0.2, 0.25) is 0 Å². The predicted molar refractivity (Wildman–Crippen MR) is 95.7 cm³/mol. The highest BCUT2D eigenvalue weighted by Crippen LogP contribution is 2.31. The molecule has 1 aliphatic carbocycles. The van der Waals surface area contributed by atoms with E-state index >= 15 is 0 Å². The summed E-state index contributed by atoms with van der Waals surface area (Å²) >= 11 is 0. The lowest BCUT2D eigenvalue weighted by atomic mass is 10.2. The maximum atomic E-state index is 13.8. The highest BCUT2D eigenvalue weighted by Gasteiger charge is 2.38. The molecular formula is C20H27FN2O3. The lowest BCUT2D eigenvalue weighted by Crippen LogP contribution is -2.41. The molecule has 1 atom stereocenters. The van der Waals surface area contributed by atoms with Crippen LogP contribution in [0.5, 0.6) is 0 Å². The standard InChI is InChI=1S/C20H27FN2O3/c1-14(2)9-22-10-17(26-13-16-5-3-4-6-18(16)21)11-23(12-19(22)24)20(25)15-7-8-15/h3-6,14-15,17H,7-13H2,1-2H3/t17-/m0/s1. The molecule has 0 N–H and O–H groups in total. The molecule has 3 rings (SSSR count). The van der Waals surface area contributed by atoms with Gasteiger partial charge in [-0.05, 0) is 24.8 Å². The number of amides is 2. The van der Waals surface area contributed by atoms with Gasteiger partial charge in [-0.1, -0.05) is 32.0 Å². The molecule has 6 heteroatoms. The van der Waals surface area contributed by atoms with E-state index in [-0.39, 0.29) is 42.8 Å². The molecule has 26 heavy (non-hydrogen) atoms. The Bertz CT molecular complexity index is 660. The summed E-state index contributed by atoms with van der Waals surface area (Å²) in [5.74, 6) is 0.0968. The molecule has 2 amide bonds. The lowest BCUT2D eigenvalue weighted by Gasteiger charge is -2.26. The van der Waals surface area contributed by atoms with Gasteiger partial charge < -0.3 is 14.5 Å². The first-order chi connectivity index (χ1) is 12.4. The third-order valence-corrected chi connectivity index (χ3v) is 4.78. The average molecular weight is 362 g/mol. The summed E-state index contributed by atoms with van der Waals surface area (Å²) in [4.78, 5) is 28.5. The summed E-state index contributed by atoms with van der Waals surface area (Å²) in [5.41, 5.74) is 0.485. The van der Waals surface area contributed by atoms with Crippen molar-refractivity contribution in [2.24, 2.45) is 11.8 Å². The van der Waals surface area contributed by atoms with Crippen molar-refractivity contribution in [2.75, 3.05) is 26.2 Å². The summed E-state index contributed by atoms with van der Waals surface area (Å²) in [6.07, 6.45) is 1.49. The quantitative estimate of drug-likeness (QED) is 0.781. The fraction of sp³-hybridized carbons (Fsp3) is 0.600. The second kappa shape index (κ2) is 8.16. The van der Waals surface area contributed by atoms with Crippen LogP contribution in [-0.4, -0.2) is 53.9 Å². The molecule has 1 aromatic rings. The maximum absolute atomic E-state index is 13.8. The van der Waals surface area contributed by atoms with Crippen LogP contribution in [0.1, 0.15) is 32.3 Å². The van der Waals surface area contributed by atoms with Gasteiger partial charge in [0.15, 0.2) is 0 Å². The lowest BCUT2D eigenvalue weighted by molar-refractivity contribution is -0.139. The largest absolute Gasteiger partial charge is 0.370 e.